The Bertz CT molecular complexity index is 875. The average Bonchev–Trinajstić information content (AvgIpc) is 2.83. The fourth-order valence-electron chi connectivity index (χ4n) is 2.36. The van der Waals surface area contributed by atoms with E-state index >= 15 is 0 Å². The van der Waals surface area contributed by atoms with Crippen LogP contribution in [0.2, 0.25) is 0 Å². The molecule has 2 aromatic rings. The molecule has 1 aliphatic heterocycles. The lowest BCUT2D eigenvalue weighted by molar-refractivity contribution is -0.113. The molecule has 6 heteroatoms. The second-order valence-electron chi connectivity index (χ2n) is 5.23. The summed E-state index contributed by atoms with van der Waals surface area (Å²) < 4.78 is 0.396. The minimum Gasteiger partial charge on any atom is -0.478 e. The number of rotatable bonds is 3. The van der Waals surface area contributed by atoms with Crippen molar-refractivity contribution in [3.63, 3.8) is 0 Å². The van der Waals surface area contributed by atoms with Gasteiger partial charge in [0.1, 0.15) is 0 Å². The molecule has 4 nitrogen and oxygen atoms in total. The smallest absolute Gasteiger partial charge is 0.335 e. The van der Waals surface area contributed by atoms with Crippen molar-refractivity contribution in [2.75, 3.05) is 4.90 Å². The maximum absolute atomic E-state index is 12.8. The van der Waals surface area contributed by atoms with Gasteiger partial charge in [0.2, 0.25) is 0 Å². The molecule has 0 radical (unpaired) electrons. The number of anilines is 1. The predicted molar refractivity (Wildman–Crippen MR) is 100 cm³/mol. The highest BCUT2D eigenvalue weighted by Gasteiger charge is 2.34. The molecule has 2 aromatic carbocycles. The molecule has 1 amide bonds. The van der Waals surface area contributed by atoms with Crippen molar-refractivity contribution in [1.29, 1.82) is 0 Å². The first-order chi connectivity index (χ1) is 11.5. The highest BCUT2D eigenvalue weighted by Crippen LogP contribution is 2.37. The minimum absolute atomic E-state index is 0.122. The van der Waals surface area contributed by atoms with Crippen LogP contribution >= 0.6 is 24.0 Å². The molecular formula is C18H13NO3S2. The second-order valence-corrected chi connectivity index (χ2v) is 6.91. The van der Waals surface area contributed by atoms with Crippen molar-refractivity contribution in [2.24, 2.45) is 0 Å². The van der Waals surface area contributed by atoms with Crippen LogP contribution in [0.3, 0.4) is 0 Å². The Hall–Kier alpha value is -2.44. The summed E-state index contributed by atoms with van der Waals surface area (Å²) in [6.45, 7) is 1.82. The van der Waals surface area contributed by atoms with Crippen LogP contribution in [-0.2, 0) is 4.79 Å². The third-order valence-corrected chi connectivity index (χ3v) is 4.89. The molecule has 0 spiro atoms. The lowest BCUT2D eigenvalue weighted by Gasteiger charge is -2.17. The summed E-state index contributed by atoms with van der Waals surface area (Å²) in [6.07, 6.45) is 1.79. The lowest BCUT2D eigenvalue weighted by atomic mass is 10.1. The van der Waals surface area contributed by atoms with E-state index in [-0.39, 0.29) is 11.5 Å². The highest BCUT2D eigenvalue weighted by atomic mass is 32.2. The minimum atomic E-state index is -1.04. The number of thiocarbonyl (C=S) groups is 1. The number of carboxylic acids is 1. The molecule has 1 saturated heterocycles. The largest absolute Gasteiger partial charge is 0.478 e. The quantitative estimate of drug-likeness (QED) is 0.663. The Balaban J connectivity index is 2.00. The van der Waals surface area contributed by atoms with Crippen LogP contribution in [0, 0.1) is 6.92 Å². The first-order valence-corrected chi connectivity index (χ1v) is 8.37. The molecule has 0 aliphatic carbocycles. The molecule has 0 aromatic heterocycles. The van der Waals surface area contributed by atoms with E-state index in [4.69, 9.17) is 17.3 Å². The Labute approximate surface area is 148 Å². The Morgan fingerprint density at radius 3 is 2.58 bits per heavy atom. The zero-order valence-electron chi connectivity index (χ0n) is 12.7. The summed E-state index contributed by atoms with van der Waals surface area (Å²) in [7, 11) is 0. The standard InChI is InChI=1S/C18H13NO3S2/c1-11-7-8-13(17(21)22)10-14(11)19-16(20)15(24-18(19)23)9-12-5-3-2-4-6-12/h2-10H,1H3,(H,21,22). The van der Waals surface area contributed by atoms with E-state index in [0.717, 1.165) is 11.1 Å². The third-order valence-electron chi connectivity index (χ3n) is 3.59. The van der Waals surface area contributed by atoms with Crippen molar-refractivity contribution >= 4 is 51.9 Å². The molecular weight excluding hydrogens is 342 g/mol. The summed E-state index contributed by atoms with van der Waals surface area (Å²) in [5.41, 5.74) is 2.33. The molecule has 24 heavy (non-hydrogen) atoms. The number of nitrogens with zero attached hydrogens (tertiary/aromatic N) is 1. The summed E-state index contributed by atoms with van der Waals surface area (Å²) in [5, 5.41) is 9.17. The number of thioether (sulfide) groups is 1. The molecule has 0 saturated carbocycles. The maximum atomic E-state index is 12.8. The Kier molecular flexibility index (Phi) is 4.51. The molecule has 0 unspecified atom stereocenters. The number of amides is 1. The van der Waals surface area contributed by atoms with E-state index in [1.54, 1.807) is 12.1 Å². The first kappa shape index (κ1) is 16.4. The van der Waals surface area contributed by atoms with Gasteiger partial charge < -0.3 is 5.11 Å². The Morgan fingerprint density at radius 2 is 1.92 bits per heavy atom. The summed E-state index contributed by atoms with van der Waals surface area (Å²) in [6, 6.07) is 14.2. The van der Waals surface area contributed by atoms with E-state index in [1.807, 2.05) is 37.3 Å². The van der Waals surface area contributed by atoms with Gasteiger partial charge in [-0.15, -0.1) is 0 Å². The summed E-state index contributed by atoms with van der Waals surface area (Å²) >= 11 is 6.56. The first-order valence-electron chi connectivity index (χ1n) is 7.14. The number of hydrogen-bond acceptors (Lipinski definition) is 4. The SMILES string of the molecule is Cc1ccc(C(=O)O)cc1N1C(=O)C(=Cc2ccccc2)SC1=S. The van der Waals surface area contributed by atoms with Crippen molar-refractivity contribution in [3.05, 3.63) is 70.1 Å². The van der Waals surface area contributed by atoms with Gasteiger partial charge >= 0.3 is 5.97 Å². The van der Waals surface area contributed by atoms with E-state index in [9.17, 15) is 9.59 Å². The summed E-state index contributed by atoms with van der Waals surface area (Å²) in [4.78, 5) is 25.9. The Morgan fingerprint density at radius 1 is 1.21 bits per heavy atom. The van der Waals surface area contributed by atoms with Gasteiger partial charge in [0.25, 0.3) is 5.91 Å². The molecule has 1 heterocycles. The van der Waals surface area contributed by atoms with E-state index < -0.39 is 5.97 Å². The van der Waals surface area contributed by atoms with Crippen molar-refractivity contribution in [1.82, 2.24) is 0 Å². The van der Waals surface area contributed by atoms with Crippen molar-refractivity contribution in [2.45, 2.75) is 6.92 Å². The number of carbonyl (C=O) groups excluding carboxylic acids is 1. The zero-order valence-corrected chi connectivity index (χ0v) is 14.4. The van der Waals surface area contributed by atoms with E-state index in [2.05, 4.69) is 0 Å². The van der Waals surface area contributed by atoms with Crippen LogP contribution < -0.4 is 4.90 Å². The fraction of sp³-hybridized carbons (Fsp3) is 0.0556. The van der Waals surface area contributed by atoms with Gasteiger partial charge in [-0.25, -0.2) is 4.79 Å². The number of aromatic carboxylic acids is 1. The van der Waals surface area contributed by atoms with Crippen LogP contribution in [0.1, 0.15) is 21.5 Å². The van der Waals surface area contributed by atoms with Crippen LogP contribution in [0.25, 0.3) is 6.08 Å². The monoisotopic (exact) mass is 355 g/mol. The van der Waals surface area contributed by atoms with Gasteiger partial charge in [-0.3, -0.25) is 9.69 Å². The normalized spacial score (nSPS) is 16.0. The van der Waals surface area contributed by atoms with Crippen molar-refractivity contribution in [3.8, 4) is 0 Å². The second kappa shape index (κ2) is 6.59. The topological polar surface area (TPSA) is 57.6 Å². The average molecular weight is 355 g/mol. The zero-order chi connectivity index (χ0) is 17.3. The number of carbonyl (C=O) groups is 2. The lowest BCUT2D eigenvalue weighted by Crippen LogP contribution is -2.28. The van der Waals surface area contributed by atoms with Crippen molar-refractivity contribution < 1.29 is 14.7 Å². The number of carboxylic acid groups (broad SMARTS) is 1. The fourth-order valence-corrected chi connectivity index (χ4v) is 3.64. The summed E-state index contributed by atoms with van der Waals surface area (Å²) in [5.74, 6) is -1.28. The van der Waals surface area contributed by atoms with Gasteiger partial charge in [0.15, 0.2) is 4.32 Å². The van der Waals surface area contributed by atoms with E-state index in [0.29, 0.717) is 14.9 Å². The van der Waals surface area contributed by atoms with Crippen LogP contribution in [0.4, 0.5) is 5.69 Å². The van der Waals surface area contributed by atoms with Crippen LogP contribution in [-0.4, -0.2) is 21.3 Å². The van der Waals surface area contributed by atoms with Gasteiger partial charge in [-0.05, 0) is 36.3 Å². The van der Waals surface area contributed by atoms with Gasteiger partial charge in [0.05, 0.1) is 16.2 Å². The molecule has 0 bridgehead atoms. The molecule has 1 N–H and O–H groups in total. The predicted octanol–water partition coefficient (Wildman–Crippen LogP) is 4.10. The van der Waals surface area contributed by atoms with E-state index in [1.165, 1.54) is 28.8 Å². The molecule has 1 fully saturated rings. The number of benzene rings is 2. The van der Waals surface area contributed by atoms with Crippen LogP contribution in [0.5, 0.6) is 0 Å². The van der Waals surface area contributed by atoms with Crippen LogP contribution in [0.15, 0.2) is 53.4 Å². The van der Waals surface area contributed by atoms with Gasteiger partial charge in [0, 0.05) is 0 Å². The highest BCUT2D eigenvalue weighted by molar-refractivity contribution is 8.27. The number of hydrogen-bond donors (Lipinski definition) is 1. The molecule has 1 aliphatic rings. The maximum Gasteiger partial charge on any atom is 0.335 e. The molecule has 3 rings (SSSR count). The third kappa shape index (κ3) is 3.11. The molecule has 120 valence electrons. The molecule has 0 atom stereocenters. The number of aryl methyl sites for hydroxylation is 1. The van der Waals surface area contributed by atoms with Gasteiger partial charge in [-0.2, -0.15) is 0 Å². The van der Waals surface area contributed by atoms with Gasteiger partial charge in [-0.1, -0.05) is 60.4 Å².